The number of nitrogens with zero attached hydrogens (tertiary/aromatic N) is 1. The Labute approximate surface area is 206 Å². The van der Waals surface area contributed by atoms with E-state index in [-0.39, 0.29) is 12.3 Å². The van der Waals surface area contributed by atoms with Gasteiger partial charge in [0.2, 0.25) is 17.7 Å². The van der Waals surface area contributed by atoms with Gasteiger partial charge in [-0.25, -0.2) is 0 Å². The van der Waals surface area contributed by atoms with Gasteiger partial charge in [0.05, 0.1) is 25.6 Å². The Hall–Kier alpha value is -2.47. The fraction of sp³-hybridized carbons (Fsp3) is 0.625. The first-order chi connectivity index (χ1) is 16.9. The lowest BCUT2D eigenvalue weighted by atomic mass is 9.76. The molecule has 0 aromatic heterocycles. The third kappa shape index (κ3) is 8.92. The fourth-order valence-electron chi connectivity index (χ4n) is 4.29. The molecule has 0 saturated carbocycles. The van der Waals surface area contributed by atoms with E-state index in [1.54, 1.807) is 4.90 Å². The number of nitrogens with one attached hydrogen (secondary N) is 2. The van der Waals surface area contributed by atoms with Gasteiger partial charge in [-0.1, -0.05) is 30.3 Å². The first-order valence-corrected chi connectivity index (χ1v) is 12.4. The molecule has 4 N–H and O–H groups in total. The van der Waals surface area contributed by atoms with Crippen LogP contribution in [0.5, 0.6) is 0 Å². The molecule has 35 heavy (non-hydrogen) atoms. The third-order valence-corrected chi connectivity index (χ3v) is 6.36. The molecule has 2 aliphatic heterocycles. The Kier molecular flexibility index (Phi) is 11.0. The van der Waals surface area contributed by atoms with Gasteiger partial charge in [-0.15, -0.1) is 0 Å². The van der Waals surface area contributed by atoms with Crippen LogP contribution in [0.3, 0.4) is 0 Å². The number of carbonyl (C=O) groups is 3. The zero-order valence-electron chi connectivity index (χ0n) is 20.1. The summed E-state index contributed by atoms with van der Waals surface area (Å²) in [7, 11) is -1.78. The van der Waals surface area contributed by atoms with Crippen LogP contribution in [0.15, 0.2) is 30.3 Å². The first-order valence-electron chi connectivity index (χ1n) is 12.4. The number of aryl methyl sites for hydroxylation is 1. The quantitative estimate of drug-likeness (QED) is 0.316. The van der Waals surface area contributed by atoms with Crippen molar-refractivity contribution in [3.05, 3.63) is 35.9 Å². The van der Waals surface area contributed by atoms with Gasteiger partial charge in [0, 0.05) is 19.7 Å². The van der Waals surface area contributed by atoms with E-state index in [0.29, 0.717) is 58.6 Å². The summed E-state index contributed by atoms with van der Waals surface area (Å²) in [5.41, 5.74) is 1.11. The van der Waals surface area contributed by atoms with E-state index >= 15 is 0 Å². The largest absolute Gasteiger partial charge is 0.475 e. The molecule has 0 bridgehead atoms. The van der Waals surface area contributed by atoms with E-state index < -0.39 is 37.0 Å². The Morgan fingerprint density at radius 3 is 2.46 bits per heavy atom. The van der Waals surface area contributed by atoms with E-state index in [1.807, 2.05) is 30.3 Å². The van der Waals surface area contributed by atoms with Crippen LogP contribution >= 0.6 is 0 Å². The predicted molar refractivity (Wildman–Crippen MR) is 129 cm³/mol. The average Bonchev–Trinajstić information content (AvgIpc) is 2.89. The number of ether oxygens (including phenoxy) is 2. The summed E-state index contributed by atoms with van der Waals surface area (Å²) in [6.07, 6.45) is 3.03. The van der Waals surface area contributed by atoms with Gasteiger partial charge < -0.3 is 35.1 Å². The lowest BCUT2D eigenvalue weighted by Crippen LogP contribution is -2.57. The van der Waals surface area contributed by atoms with Crippen molar-refractivity contribution in [1.82, 2.24) is 15.5 Å². The lowest BCUT2D eigenvalue weighted by molar-refractivity contribution is -0.142. The van der Waals surface area contributed by atoms with Crippen LogP contribution in [0.1, 0.15) is 44.1 Å². The summed E-state index contributed by atoms with van der Waals surface area (Å²) in [6, 6.07) is 8.61. The Morgan fingerprint density at radius 2 is 1.80 bits per heavy atom. The number of hydrogen-bond donors (Lipinski definition) is 4. The molecule has 10 nitrogen and oxygen atoms in total. The van der Waals surface area contributed by atoms with Crippen LogP contribution in [0.4, 0.5) is 0 Å². The topological polar surface area (TPSA) is 137 Å². The van der Waals surface area contributed by atoms with E-state index in [9.17, 15) is 24.4 Å². The van der Waals surface area contributed by atoms with Gasteiger partial charge in [0.15, 0.2) is 0 Å². The van der Waals surface area contributed by atoms with Crippen molar-refractivity contribution in [3.63, 3.8) is 0 Å². The maximum Gasteiger partial charge on any atom is 0.475 e. The van der Waals surface area contributed by atoms with Gasteiger partial charge in [-0.05, 0) is 44.1 Å². The van der Waals surface area contributed by atoms with E-state index in [0.717, 1.165) is 18.4 Å². The minimum atomic E-state index is -1.78. The second-order valence-electron chi connectivity index (χ2n) is 9.02. The Balaban J connectivity index is 1.61. The summed E-state index contributed by atoms with van der Waals surface area (Å²) in [6.45, 7) is 2.16. The van der Waals surface area contributed by atoms with Crippen molar-refractivity contribution in [2.75, 3.05) is 32.9 Å². The number of morpholine rings is 1. The first kappa shape index (κ1) is 27.1. The number of carbonyl (C=O) groups excluding carboxylic acids is 3. The highest BCUT2D eigenvalue weighted by Crippen LogP contribution is 2.14. The molecule has 3 rings (SSSR count). The minimum absolute atomic E-state index is 0.234. The zero-order chi connectivity index (χ0) is 25.0. The second-order valence-corrected chi connectivity index (χ2v) is 9.02. The summed E-state index contributed by atoms with van der Waals surface area (Å²) in [4.78, 5) is 40.3. The predicted octanol–water partition coefficient (Wildman–Crippen LogP) is -0.191. The molecule has 2 fully saturated rings. The highest BCUT2D eigenvalue weighted by molar-refractivity contribution is 6.43. The molecule has 2 saturated heterocycles. The Morgan fingerprint density at radius 1 is 1.06 bits per heavy atom. The maximum atomic E-state index is 13.1. The average molecular weight is 489 g/mol. The molecular formula is C24H36BN3O7. The van der Waals surface area contributed by atoms with Crippen LogP contribution in [0.25, 0.3) is 0 Å². The molecule has 11 heteroatoms. The van der Waals surface area contributed by atoms with Gasteiger partial charge in [-0.3, -0.25) is 14.4 Å². The zero-order valence-corrected chi connectivity index (χ0v) is 20.1. The van der Waals surface area contributed by atoms with Gasteiger partial charge in [-0.2, -0.15) is 0 Å². The number of hydrogen-bond acceptors (Lipinski definition) is 7. The van der Waals surface area contributed by atoms with E-state index in [2.05, 4.69) is 10.6 Å². The minimum Gasteiger partial charge on any atom is -0.426 e. The van der Waals surface area contributed by atoms with Crippen molar-refractivity contribution >= 4 is 24.8 Å². The molecule has 2 unspecified atom stereocenters. The van der Waals surface area contributed by atoms with Crippen LogP contribution < -0.4 is 10.6 Å². The third-order valence-electron chi connectivity index (χ3n) is 6.36. The van der Waals surface area contributed by atoms with Gasteiger partial charge in [0.25, 0.3) is 0 Å². The molecule has 1 aromatic rings. The molecule has 2 aliphatic rings. The normalized spacial score (nSPS) is 19.9. The smallest absolute Gasteiger partial charge is 0.426 e. The fourth-order valence-corrected chi connectivity index (χ4v) is 4.29. The standard InChI is InChI=1S/C24H36BN3O7/c29-22(28-12-15-34-16-13-28)17-19(26-24(31)20-10-4-5-14-35-20)23(30)27-21(25(32)33)11-6-9-18-7-2-1-3-8-18/h1-3,7-8,19-21,32-33H,4-6,9-17H2,(H,26,31)(H,27,30)/t19?,20?,21-/m0/s1. The van der Waals surface area contributed by atoms with Crippen molar-refractivity contribution in [1.29, 1.82) is 0 Å². The molecule has 0 radical (unpaired) electrons. The number of benzene rings is 1. The van der Waals surface area contributed by atoms with Crippen molar-refractivity contribution in [2.45, 2.75) is 63.0 Å². The summed E-state index contributed by atoms with van der Waals surface area (Å²) >= 11 is 0. The molecular weight excluding hydrogens is 453 g/mol. The molecule has 0 spiro atoms. The van der Waals surface area contributed by atoms with Crippen LogP contribution in [-0.4, -0.2) is 90.8 Å². The molecule has 0 aliphatic carbocycles. The van der Waals surface area contributed by atoms with Crippen molar-refractivity contribution in [3.8, 4) is 0 Å². The summed E-state index contributed by atoms with van der Waals surface area (Å²) in [5.74, 6) is -2.28. The molecule has 1 aromatic carbocycles. The summed E-state index contributed by atoms with van der Waals surface area (Å²) < 4.78 is 10.8. The van der Waals surface area contributed by atoms with Crippen LogP contribution in [-0.2, 0) is 30.3 Å². The number of rotatable bonds is 11. The SMILES string of the molecule is O=C(N[C@@H](CCCc1ccccc1)B(O)O)C(CC(=O)N1CCOCC1)NC(=O)C1CCCCO1. The lowest BCUT2D eigenvalue weighted by Gasteiger charge is -2.30. The van der Waals surface area contributed by atoms with Gasteiger partial charge >= 0.3 is 7.12 Å². The monoisotopic (exact) mass is 489 g/mol. The highest BCUT2D eigenvalue weighted by Gasteiger charge is 2.33. The molecule has 2 heterocycles. The van der Waals surface area contributed by atoms with Crippen LogP contribution in [0, 0.1) is 0 Å². The van der Waals surface area contributed by atoms with E-state index in [4.69, 9.17) is 9.47 Å². The highest BCUT2D eigenvalue weighted by atomic mass is 16.5. The molecule has 192 valence electrons. The van der Waals surface area contributed by atoms with Crippen LogP contribution in [0.2, 0.25) is 0 Å². The van der Waals surface area contributed by atoms with Gasteiger partial charge in [0.1, 0.15) is 12.1 Å². The maximum absolute atomic E-state index is 13.1. The van der Waals surface area contributed by atoms with E-state index in [1.165, 1.54) is 0 Å². The van der Waals surface area contributed by atoms with Crippen molar-refractivity contribution < 1.29 is 33.9 Å². The molecule has 3 atom stereocenters. The van der Waals surface area contributed by atoms with Crippen molar-refractivity contribution in [2.24, 2.45) is 0 Å². The second kappa shape index (κ2) is 14.2. The Bertz CT molecular complexity index is 783. The number of amides is 3. The molecule has 3 amide bonds. The summed E-state index contributed by atoms with van der Waals surface area (Å²) in [5, 5.41) is 25.0.